The van der Waals surface area contributed by atoms with Gasteiger partial charge in [0.15, 0.2) is 0 Å². The van der Waals surface area contributed by atoms with Crippen LogP contribution in [0.15, 0.2) is 34.2 Å². The van der Waals surface area contributed by atoms with Crippen molar-refractivity contribution in [2.75, 3.05) is 5.75 Å². The van der Waals surface area contributed by atoms with Gasteiger partial charge in [0.2, 0.25) is 0 Å². The van der Waals surface area contributed by atoms with Crippen LogP contribution in [-0.2, 0) is 6.54 Å². The number of aromatic amines is 1. The first-order chi connectivity index (χ1) is 8.84. The molecule has 1 aromatic carbocycles. The number of aromatic nitrogens is 4. The van der Waals surface area contributed by atoms with Crippen molar-refractivity contribution >= 4 is 28.2 Å². The highest BCUT2D eigenvalue weighted by Gasteiger charge is 2.26. The van der Waals surface area contributed by atoms with E-state index in [2.05, 4.69) is 10.2 Å². The first-order valence-corrected chi connectivity index (χ1v) is 6.89. The summed E-state index contributed by atoms with van der Waals surface area (Å²) in [6.07, 6.45) is 1.12. The molecular weight excluding hydrogens is 248 g/mol. The van der Waals surface area contributed by atoms with Crippen LogP contribution >= 0.6 is 11.8 Å². The summed E-state index contributed by atoms with van der Waals surface area (Å²) in [5, 5.41) is 10.1. The second-order valence-electron chi connectivity index (χ2n) is 4.35. The number of H-pyrrole nitrogens is 1. The van der Waals surface area contributed by atoms with Gasteiger partial charge >= 0.3 is 5.16 Å². The molecule has 90 valence electrons. The maximum atomic E-state index is 12.1. The van der Waals surface area contributed by atoms with E-state index in [4.69, 9.17) is 0 Å². The van der Waals surface area contributed by atoms with Gasteiger partial charge in [-0.25, -0.2) is 0 Å². The molecule has 0 bridgehead atoms. The number of hydrogen-bond acceptors (Lipinski definition) is 3. The fraction of sp³-hybridized carbons (Fsp3) is 0.250. The molecule has 1 N–H and O–H groups in total. The number of nitrogens with zero attached hydrogens (tertiary/aromatic N) is 3. The van der Waals surface area contributed by atoms with E-state index in [0.29, 0.717) is 5.39 Å². The highest BCUT2D eigenvalue weighted by atomic mass is 32.2. The van der Waals surface area contributed by atoms with Gasteiger partial charge in [-0.2, -0.15) is 5.10 Å². The lowest BCUT2D eigenvalue weighted by molar-refractivity contribution is -0.786. The Hall–Kier alpha value is -1.82. The molecule has 0 amide bonds. The lowest BCUT2D eigenvalue weighted by Gasteiger charge is -2.03. The van der Waals surface area contributed by atoms with Crippen molar-refractivity contribution in [3.63, 3.8) is 0 Å². The molecule has 0 unspecified atom stereocenters. The topological polar surface area (TPSA) is 54.0 Å². The van der Waals surface area contributed by atoms with Crippen molar-refractivity contribution in [3.8, 4) is 0 Å². The van der Waals surface area contributed by atoms with E-state index >= 15 is 0 Å². The molecule has 0 fully saturated rings. The molecule has 0 radical (unpaired) electrons. The minimum Gasteiger partial charge on any atom is -0.266 e. The van der Waals surface area contributed by atoms with Gasteiger partial charge in [0.1, 0.15) is 6.54 Å². The normalized spacial score (nSPS) is 15.1. The maximum absolute atomic E-state index is 12.1. The van der Waals surface area contributed by atoms with E-state index in [1.54, 1.807) is 11.8 Å². The van der Waals surface area contributed by atoms with Crippen LogP contribution in [0.3, 0.4) is 0 Å². The summed E-state index contributed by atoms with van der Waals surface area (Å²) >= 11 is 1.74. The zero-order chi connectivity index (χ0) is 12.1. The zero-order valence-electron chi connectivity index (χ0n) is 9.59. The Labute approximate surface area is 106 Å². The third-order valence-corrected chi connectivity index (χ3v) is 4.36. The molecule has 5 nitrogen and oxygen atoms in total. The molecule has 3 aromatic rings. The fourth-order valence-corrected chi connectivity index (χ4v) is 3.38. The SMILES string of the molecule is O=c1[nH]n2c3[n+](nc2c2ccccc12)CCCS3. The van der Waals surface area contributed by atoms with E-state index in [1.165, 1.54) is 0 Å². The van der Waals surface area contributed by atoms with Crippen molar-refractivity contribution in [1.29, 1.82) is 0 Å². The summed E-state index contributed by atoms with van der Waals surface area (Å²) in [5.74, 6) is 1.07. The van der Waals surface area contributed by atoms with Crippen molar-refractivity contribution < 1.29 is 4.68 Å². The van der Waals surface area contributed by atoms with Crippen LogP contribution in [0.25, 0.3) is 16.4 Å². The number of hydrogen-bond donors (Lipinski definition) is 1. The smallest absolute Gasteiger partial charge is 0.266 e. The van der Waals surface area contributed by atoms with Gasteiger partial charge in [-0.3, -0.25) is 4.79 Å². The van der Waals surface area contributed by atoms with Crippen LogP contribution in [0.2, 0.25) is 0 Å². The average Bonchev–Trinajstić information content (AvgIpc) is 2.78. The van der Waals surface area contributed by atoms with E-state index in [0.717, 1.165) is 34.9 Å². The first kappa shape index (κ1) is 10.1. The van der Waals surface area contributed by atoms with Crippen LogP contribution in [-0.4, -0.2) is 20.5 Å². The molecule has 0 spiro atoms. The predicted molar refractivity (Wildman–Crippen MR) is 68.9 cm³/mol. The molecule has 0 saturated heterocycles. The van der Waals surface area contributed by atoms with Gasteiger partial charge in [-0.05, 0) is 35.4 Å². The summed E-state index contributed by atoms with van der Waals surface area (Å²) in [6.45, 7) is 0.917. The Bertz CT molecular complexity index is 820. The molecule has 0 saturated carbocycles. The minimum absolute atomic E-state index is 0.0647. The molecule has 6 heteroatoms. The van der Waals surface area contributed by atoms with Crippen molar-refractivity contribution in [2.45, 2.75) is 18.1 Å². The summed E-state index contributed by atoms with van der Waals surface area (Å²) in [7, 11) is 0. The van der Waals surface area contributed by atoms with Gasteiger partial charge in [0, 0.05) is 5.75 Å². The molecule has 0 aliphatic carbocycles. The van der Waals surface area contributed by atoms with E-state index < -0.39 is 0 Å². The number of rotatable bonds is 0. The van der Waals surface area contributed by atoms with E-state index in [9.17, 15) is 4.79 Å². The molecule has 0 atom stereocenters. The standard InChI is InChI=1S/C12H10N4OS/c17-11-9-5-2-1-4-8(9)10-13-15-6-3-7-18-12(15)16(10)14-11/h1-2,4-5H,3,6-7H2/p+1. The lowest BCUT2D eigenvalue weighted by Crippen LogP contribution is -2.40. The minimum atomic E-state index is -0.0647. The van der Waals surface area contributed by atoms with Crippen molar-refractivity contribution in [3.05, 3.63) is 34.6 Å². The van der Waals surface area contributed by atoms with Crippen LogP contribution in [0.4, 0.5) is 0 Å². The van der Waals surface area contributed by atoms with E-state index in [1.807, 2.05) is 33.5 Å². The molecule has 3 heterocycles. The van der Waals surface area contributed by atoms with Crippen LogP contribution in [0, 0.1) is 0 Å². The van der Waals surface area contributed by atoms with Crippen molar-refractivity contribution in [1.82, 2.24) is 14.7 Å². The Morgan fingerprint density at radius 3 is 3.06 bits per heavy atom. The average molecular weight is 259 g/mol. The van der Waals surface area contributed by atoms with Gasteiger partial charge in [0.05, 0.1) is 10.8 Å². The summed E-state index contributed by atoms with van der Waals surface area (Å²) in [5.41, 5.74) is 0.764. The Kier molecular flexibility index (Phi) is 2.02. The molecule has 4 rings (SSSR count). The number of fused-ring (bicyclic) bond motifs is 5. The first-order valence-electron chi connectivity index (χ1n) is 5.91. The predicted octanol–water partition coefficient (Wildman–Crippen LogP) is 0.959. The summed E-state index contributed by atoms with van der Waals surface area (Å²) < 4.78 is 3.79. The quantitative estimate of drug-likeness (QED) is 0.612. The number of thioether (sulfide) groups is 1. The van der Waals surface area contributed by atoms with Crippen LogP contribution in [0.1, 0.15) is 6.42 Å². The van der Waals surface area contributed by atoms with Gasteiger partial charge < -0.3 is 0 Å². The number of aryl methyl sites for hydroxylation is 1. The Morgan fingerprint density at radius 2 is 2.17 bits per heavy atom. The summed E-state index contributed by atoms with van der Waals surface area (Å²) in [6, 6.07) is 7.59. The van der Waals surface area contributed by atoms with E-state index in [-0.39, 0.29) is 5.56 Å². The fourth-order valence-electron chi connectivity index (χ4n) is 2.38. The Balaban J connectivity index is 2.24. The van der Waals surface area contributed by atoms with Gasteiger partial charge in [-0.1, -0.05) is 16.6 Å². The molecular formula is C12H11N4OS+. The second kappa shape index (κ2) is 3.58. The highest BCUT2D eigenvalue weighted by molar-refractivity contribution is 7.99. The van der Waals surface area contributed by atoms with Crippen LogP contribution in [0.5, 0.6) is 0 Å². The van der Waals surface area contributed by atoms with Crippen LogP contribution < -0.4 is 10.2 Å². The zero-order valence-corrected chi connectivity index (χ0v) is 10.4. The number of benzene rings is 1. The number of nitrogens with one attached hydrogen (secondary N) is 1. The molecule has 2 aromatic heterocycles. The molecule has 1 aliphatic heterocycles. The largest absolute Gasteiger partial charge is 0.364 e. The van der Waals surface area contributed by atoms with Gasteiger partial charge in [-0.15, -0.1) is 4.68 Å². The highest BCUT2D eigenvalue weighted by Crippen LogP contribution is 2.22. The molecule has 18 heavy (non-hydrogen) atoms. The van der Waals surface area contributed by atoms with Gasteiger partial charge in [0.25, 0.3) is 11.2 Å². The lowest BCUT2D eigenvalue weighted by atomic mass is 10.2. The Morgan fingerprint density at radius 1 is 1.33 bits per heavy atom. The molecule has 1 aliphatic rings. The monoisotopic (exact) mass is 259 g/mol. The second-order valence-corrected chi connectivity index (χ2v) is 5.42. The summed E-state index contributed by atoms with van der Waals surface area (Å²) in [4.78, 5) is 12.1. The third kappa shape index (κ3) is 1.26. The van der Waals surface area contributed by atoms with Crippen molar-refractivity contribution in [2.24, 2.45) is 0 Å². The maximum Gasteiger partial charge on any atom is 0.364 e. The third-order valence-electron chi connectivity index (χ3n) is 3.21.